The SMILES string of the molecule is Cc1cc(=O)[nH]c(CNC(=O)COC[C@H]2CCCCO2)n1. The van der Waals surface area contributed by atoms with E-state index in [4.69, 9.17) is 9.47 Å². The van der Waals surface area contributed by atoms with Gasteiger partial charge in [-0.2, -0.15) is 0 Å². The minimum atomic E-state index is -0.241. The second-order valence-electron chi connectivity index (χ2n) is 5.11. The van der Waals surface area contributed by atoms with Crippen molar-refractivity contribution in [2.45, 2.75) is 38.8 Å². The molecule has 0 aliphatic carbocycles. The lowest BCUT2D eigenvalue weighted by atomic mass is 10.1. The summed E-state index contributed by atoms with van der Waals surface area (Å²) in [7, 11) is 0. The molecule has 0 radical (unpaired) electrons. The number of carbonyl (C=O) groups is 1. The summed E-state index contributed by atoms with van der Waals surface area (Å²) in [5.74, 6) is 0.193. The van der Waals surface area contributed by atoms with E-state index in [9.17, 15) is 9.59 Å². The van der Waals surface area contributed by atoms with Crippen LogP contribution in [-0.4, -0.2) is 41.8 Å². The van der Waals surface area contributed by atoms with Crippen molar-refractivity contribution >= 4 is 5.91 Å². The highest BCUT2D eigenvalue weighted by Gasteiger charge is 2.14. The highest BCUT2D eigenvalue weighted by Crippen LogP contribution is 2.12. The second-order valence-corrected chi connectivity index (χ2v) is 5.11. The lowest BCUT2D eigenvalue weighted by Gasteiger charge is -2.22. The Bertz CT molecular complexity index is 523. The molecule has 21 heavy (non-hydrogen) atoms. The average Bonchev–Trinajstić information content (AvgIpc) is 2.45. The smallest absolute Gasteiger partial charge is 0.251 e. The summed E-state index contributed by atoms with van der Waals surface area (Å²) in [4.78, 5) is 29.6. The van der Waals surface area contributed by atoms with Gasteiger partial charge in [-0.25, -0.2) is 4.98 Å². The maximum absolute atomic E-state index is 11.6. The number of nitrogens with zero attached hydrogens (tertiary/aromatic N) is 1. The first-order chi connectivity index (χ1) is 10.1. The van der Waals surface area contributed by atoms with Crippen molar-refractivity contribution in [2.24, 2.45) is 0 Å². The Hall–Kier alpha value is -1.73. The molecule has 2 heterocycles. The Morgan fingerprint density at radius 1 is 1.57 bits per heavy atom. The molecule has 1 saturated heterocycles. The van der Waals surface area contributed by atoms with E-state index in [-0.39, 0.29) is 30.7 Å². The lowest BCUT2D eigenvalue weighted by Crippen LogP contribution is -2.31. The van der Waals surface area contributed by atoms with Gasteiger partial charge in [-0.15, -0.1) is 0 Å². The molecule has 0 spiro atoms. The van der Waals surface area contributed by atoms with Crippen molar-refractivity contribution in [3.05, 3.63) is 27.9 Å². The maximum atomic E-state index is 11.6. The number of nitrogens with one attached hydrogen (secondary N) is 2. The van der Waals surface area contributed by atoms with Gasteiger partial charge in [0.05, 0.1) is 19.3 Å². The lowest BCUT2D eigenvalue weighted by molar-refractivity contribution is -0.128. The largest absolute Gasteiger partial charge is 0.376 e. The molecule has 2 rings (SSSR count). The number of carbonyl (C=O) groups excluding carboxylic acids is 1. The first-order valence-electron chi connectivity index (χ1n) is 7.16. The van der Waals surface area contributed by atoms with Crippen molar-refractivity contribution in [2.75, 3.05) is 19.8 Å². The van der Waals surface area contributed by atoms with E-state index in [0.717, 1.165) is 25.9 Å². The molecular weight excluding hydrogens is 274 g/mol. The van der Waals surface area contributed by atoms with Crippen molar-refractivity contribution in [3.8, 4) is 0 Å². The van der Waals surface area contributed by atoms with Crippen LogP contribution >= 0.6 is 0 Å². The predicted octanol–water partition coefficient (Wildman–Crippen LogP) is 0.280. The summed E-state index contributed by atoms with van der Waals surface area (Å²) in [5, 5.41) is 2.65. The molecule has 0 saturated carbocycles. The topological polar surface area (TPSA) is 93.3 Å². The van der Waals surface area contributed by atoms with Crippen LogP contribution in [0.2, 0.25) is 0 Å². The summed E-state index contributed by atoms with van der Waals surface area (Å²) >= 11 is 0. The zero-order valence-corrected chi connectivity index (χ0v) is 12.2. The van der Waals surface area contributed by atoms with Crippen LogP contribution in [0, 0.1) is 6.92 Å². The minimum absolute atomic E-state index is 0.0179. The third kappa shape index (κ3) is 5.65. The number of aryl methyl sites for hydroxylation is 1. The van der Waals surface area contributed by atoms with Crippen LogP contribution in [0.1, 0.15) is 30.8 Å². The molecule has 1 aliphatic rings. The molecule has 1 atom stereocenters. The van der Waals surface area contributed by atoms with Gasteiger partial charge in [0.15, 0.2) is 0 Å². The van der Waals surface area contributed by atoms with E-state index in [1.165, 1.54) is 6.07 Å². The molecule has 1 aliphatic heterocycles. The van der Waals surface area contributed by atoms with Gasteiger partial charge in [0.25, 0.3) is 5.56 Å². The molecule has 116 valence electrons. The first-order valence-corrected chi connectivity index (χ1v) is 7.16. The van der Waals surface area contributed by atoms with Gasteiger partial charge in [-0.3, -0.25) is 9.59 Å². The quantitative estimate of drug-likeness (QED) is 0.786. The summed E-state index contributed by atoms with van der Waals surface area (Å²) in [6.07, 6.45) is 3.32. The zero-order chi connectivity index (χ0) is 15.1. The van der Waals surface area contributed by atoms with Crippen LogP contribution in [0.3, 0.4) is 0 Å². The van der Waals surface area contributed by atoms with E-state index in [1.54, 1.807) is 6.92 Å². The Morgan fingerprint density at radius 3 is 3.14 bits per heavy atom. The molecule has 0 unspecified atom stereocenters. The van der Waals surface area contributed by atoms with Crippen LogP contribution in [0.25, 0.3) is 0 Å². The molecule has 2 N–H and O–H groups in total. The number of hydrogen-bond donors (Lipinski definition) is 2. The molecule has 0 bridgehead atoms. The zero-order valence-electron chi connectivity index (χ0n) is 12.2. The second kappa shape index (κ2) is 7.90. The molecule has 1 fully saturated rings. The Balaban J connectivity index is 1.66. The summed E-state index contributed by atoms with van der Waals surface area (Å²) in [6.45, 7) is 3.10. The normalized spacial score (nSPS) is 18.4. The number of H-pyrrole nitrogens is 1. The van der Waals surface area contributed by atoms with Gasteiger partial charge in [0.1, 0.15) is 12.4 Å². The number of hydrogen-bond acceptors (Lipinski definition) is 5. The number of aromatic nitrogens is 2. The number of amides is 1. The van der Waals surface area contributed by atoms with Gasteiger partial charge < -0.3 is 19.8 Å². The molecular formula is C14H21N3O4. The van der Waals surface area contributed by atoms with Crippen molar-refractivity contribution < 1.29 is 14.3 Å². The Labute approximate surface area is 123 Å². The highest BCUT2D eigenvalue weighted by atomic mass is 16.5. The third-order valence-electron chi connectivity index (χ3n) is 3.18. The minimum Gasteiger partial charge on any atom is -0.376 e. The van der Waals surface area contributed by atoms with E-state index in [1.807, 2.05) is 0 Å². The van der Waals surface area contributed by atoms with E-state index >= 15 is 0 Å². The monoisotopic (exact) mass is 295 g/mol. The van der Waals surface area contributed by atoms with Crippen LogP contribution < -0.4 is 10.9 Å². The highest BCUT2D eigenvalue weighted by molar-refractivity contribution is 5.77. The van der Waals surface area contributed by atoms with Crippen molar-refractivity contribution in [1.82, 2.24) is 15.3 Å². The fraction of sp³-hybridized carbons (Fsp3) is 0.643. The maximum Gasteiger partial charge on any atom is 0.251 e. The van der Waals surface area contributed by atoms with E-state index < -0.39 is 0 Å². The molecule has 1 amide bonds. The van der Waals surface area contributed by atoms with Crippen LogP contribution in [-0.2, 0) is 20.8 Å². The molecule has 1 aromatic rings. The van der Waals surface area contributed by atoms with Crippen LogP contribution in [0.5, 0.6) is 0 Å². The third-order valence-corrected chi connectivity index (χ3v) is 3.18. The number of rotatable bonds is 6. The molecule has 7 nitrogen and oxygen atoms in total. The standard InChI is InChI=1S/C14H21N3O4/c1-10-6-13(18)17-12(16-10)7-15-14(19)9-20-8-11-4-2-3-5-21-11/h6,11H,2-5,7-9H2,1H3,(H,15,19)(H,16,17,18)/t11-/m1/s1. The summed E-state index contributed by atoms with van der Waals surface area (Å²) < 4.78 is 10.9. The van der Waals surface area contributed by atoms with Gasteiger partial charge in [-0.05, 0) is 26.2 Å². The Morgan fingerprint density at radius 2 is 2.43 bits per heavy atom. The number of ether oxygens (including phenoxy) is 2. The van der Waals surface area contributed by atoms with Crippen molar-refractivity contribution in [3.63, 3.8) is 0 Å². The van der Waals surface area contributed by atoms with Crippen LogP contribution in [0.4, 0.5) is 0 Å². The molecule has 7 heteroatoms. The summed E-state index contributed by atoms with van der Waals surface area (Å²) in [5.41, 5.74) is 0.395. The Kier molecular flexibility index (Phi) is 5.89. The van der Waals surface area contributed by atoms with Gasteiger partial charge in [0.2, 0.25) is 5.91 Å². The van der Waals surface area contributed by atoms with Crippen molar-refractivity contribution in [1.29, 1.82) is 0 Å². The van der Waals surface area contributed by atoms with E-state index in [2.05, 4.69) is 15.3 Å². The first kappa shape index (κ1) is 15.7. The van der Waals surface area contributed by atoms with Gasteiger partial charge >= 0.3 is 0 Å². The fourth-order valence-corrected chi connectivity index (χ4v) is 2.18. The van der Waals surface area contributed by atoms with Gasteiger partial charge in [0, 0.05) is 18.4 Å². The van der Waals surface area contributed by atoms with Gasteiger partial charge in [-0.1, -0.05) is 0 Å². The fourth-order valence-electron chi connectivity index (χ4n) is 2.18. The average molecular weight is 295 g/mol. The number of aromatic amines is 1. The van der Waals surface area contributed by atoms with E-state index in [0.29, 0.717) is 18.1 Å². The van der Waals surface area contributed by atoms with Crippen LogP contribution in [0.15, 0.2) is 10.9 Å². The summed E-state index contributed by atoms with van der Waals surface area (Å²) in [6, 6.07) is 1.40. The molecule has 0 aromatic carbocycles. The molecule has 1 aromatic heterocycles. The predicted molar refractivity (Wildman–Crippen MR) is 75.9 cm³/mol.